The minimum absolute atomic E-state index is 0.0406. The van der Waals surface area contributed by atoms with Crippen LogP contribution in [0.5, 0.6) is 5.75 Å². The van der Waals surface area contributed by atoms with Crippen LogP contribution in [0, 0.1) is 5.92 Å². The van der Waals surface area contributed by atoms with Crippen LogP contribution in [0.1, 0.15) is 43.5 Å². The molecule has 1 amide bonds. The number of carbonyl (C=O) groups is 1. The van der Waals surface area contributed by atoms with Crippen LogP contribution in [-0.4, -0.2) is 30.5 Å². The third-order valence-electron chi connectivity index (χ3n) is 3.95. The van der Waals surface area contributed by atoms with Crippen LogP contribution < -0.4 is 10.5 Å². The van der Waals surface area contributed by atoms with Crippen molar-refractivity contribution in [2.75, 3.05) is 25.4 Å². The van der Waals surface area contributed by atoms with Gasteiger partial charge in [-0.05, 0) is 37.8 Å². The molecule has 1 aliphatic heterocycles. The lowest BCUT2D eigenvalue weighted by atomic mass is 9.95. The highest BCUT2D eigenvalue weighted by Crippen LogP contribution is 2.29. The summed E-state index contributed by atoms with van der Waals surface area (Å²) in [7, 11) is 0. The quantitative estimate of drug-likeness (QED) is 0.860. The van der Waals surface area contributed by atoms with Gasteiger partial charge in [-0.3, -0.25) is 4.79 Å². The first-order valence-corrected chi connectivity index (χ1v) is 7.47. The van der Waals surface area contributed by atoms with Crippen LogP contribution in [0.4, 0.5) is 5.69 Å². The normalized spacial score (nSPS) is 18.9. The Morgan fingerprint density at radius 3 is 2.95 bits per heavy atom. The first-order valence-electron chi connectivity index (χ1n) is 7.47. The van der Waals surface area contributed by atoms with Gasteiger partial charge in [0.25, 0.3) is 5.91 Å². The molecule has 2 rings (SSSR count). The third kappa shape index (κ3) is 3.06. The lowest BCUT2D eigenvalue weighted by Gasteiger charge is -2.32. The van der Waals surface area contributed by atoms with E-state index in [1.165, 1.54) is 6.42 Å². The van der Waals surface area contributed by atoms with Gasteiger partial charge in [0, 0.05) is 13.1 Å². The van der Waals surface area contributed by atoms with E-state index in [4.69, 9.17) is 10.5 Å². The molecule has 1 heterocycles. The summed E-state index contributed by atoms with van der Waals surface area (Å²) < 4.78 is 5.56. The fourth-order valence-corrected chi connectivity index (χ4v) is 2.78. The van der Waals surface area contributed by atoms with Gasteiger partial charge in [0.15, 0.2) is 5.75 Å². The van der Waals surface area contributed by atoms with Crippen molar-refractivity contribution >= 4 is 11.6 Å². The van der Waals surface area contributed by atoms with Crippen LogP contribution in [0.2, 0.25) is 0 Å². The lowest BCUT2D eigenvalue weighted by Crippen LogP contribution is -2.39. The first kappa shape index (κ1) is 14.7. The molecule has 110 valence electrons. The van der Waals surface area contributed by atoms with Gasteiger partial charge in [0.1, 0.15) is 0 Å². The van der Waals surface area contributed by atoms with Gasteiger partial charge in [-0.2, -0.15) is 0 Å². The molecule has 0 bridgehead atoms. The zero-order chi connectivity index (χ0) is 14.5. The molecule has 20 heavy (non-hydrogen) atoms. The van der Waals surface area contributed by atoms with Crippen molar-refractivity contribution in [3.63, 3.8) is 0 Å². The fourth-order valence-electron chi connectivity index (χ4n) is 2.78. The van der Waals surface area contributed by atoms with Crippen molar-refractivity contribution in [2.24, 2.45) is 5.92 Å². The van der Waals surface area contributed by atoms with Crippen LogP contribution in [0.3, 0.4) is 0 Å². The number of carbonyl (C=O) groups excluding carboxylic acids is 1. The first-order chi connectivity index (χ1) is 9.67. The summed E-state index contributed by atoms with van der Waals surface area (Å²) in [5, 5.41) is 0. The zero-order valence-electron chi connectivity index (χ0n) is 12.4. The highest BCUT2D eigenvalue weighted by molar-refractivity contribution is 5.98. The Morgan fingerprint density at radius 1 is 1.45 bits per heavy atom. The van der Waals surface area contributed by atoms with Crippen molar-refractivity contribution in [1.29, 1.82) is 0 Å². The highest BCUT2D eigenvalue weighted by atomic mass is 16.5. The molecule has 0 saturated carbocycles. The lowest BCUT2D eigenvalue weighted by molar-refractivity contribution is 0.0667. The summed E-state index contributed by atoms with van der Waals surface area (Å²) in [4.78, 5) is 14.6. The van der Waals surface area contributed by atoms with Crippen molar-refractivity contribution < 1.29 is 9.53 Å². The monoisotopic (exact) mass is 276 g/mol. The number of benzene rings is 1. The maximum Gasteiger partial charge on any atom is 0.257 e. The number of para-hydroxylation sites is 1. The molecule has 0 aliphatic carbocycles. The number of amides is 1. The maximum atomic E-state index is 12.7. The molecule has 4 nitrogen and oxygen atoms in total. The highest BCUT2D eigenvalue weighted by Gasteiger charge is 2.26. The van der Waals surface area contributed by atoms with E-state index in [9.17, 15) is 4.79 Å². The van der Waals surface area contributed by atoms with Crippen LogP contribution in [-0.2, 0) is 0 Å². The standard InChI is InChI=1S/C16H24N2O2/c1-3-12-7-6-10-18(11-12)16(19)13-8-5-9-14(17)15(13)20-4-2/h5,8-9,12H,3-4,6-7,10-11,17H2,1-2H3. The molecular formula is C16H24N2O2. The Kier molecular flexibility index (Phi) is 4.88. The molecule has 0 spiro atoms. The topological polar surface area (TPSA) is 55.6 Å². The second-order valence-electron chi connectivity index (χ2n) is 5.32. The molecule has 1 unspecified atom stereocenters. The number of ether oxygens (including phenoxy) is 1. The van der Waals surface area contributed by atoms with Crippen molar-refractivity contribution in [2.45, 2.75) is 33.1 Å². The Labute approximate surface area is 120 Å². The zero-order valence-corrected chi connectivity index (χ0v) is 12.4. The molecule has 4 heteroatoms. The molecule has 1 aromatic rings. The van der Waals surface area contributed by atoms with E-state index in [0.717, 1.165) is 25.9 Å². The summed E-state index contributed by atoms with van der Waals surface area (Å²) in [5.41, 5.74) is 7.05. The molecule has 0 radical (unpaired) electrons. The molecule has 1 saturated heterocycles. The Morgan fingerprint density at radius 2 is 2.25 bits per heavy atom. The van der Waals surface area contributed by atoms with E-state index in [2.05, 4.69) is 6.92 Å². The summed E-state index contributed by atoms with van der Waals surface area (Å²) in [6, 6.07) is 5.39. The van der Waals surface area contributed by atoms with E-state index in [0.29, 0.717) is 29.5 Å². The number of likely N-dealkylation sites (tertiary alicyclic amines) is 1. The Hall–Kier alpha value is -1.71. The van der Waals surface area contributed by atoms with Gasteiger partial charge in [-0.1, -0.05) is 19.4 Å². The van der Waals surface area contributed by atoms with E-state index < -0.39 is 0 Å². The minimum atomic E-state index is 0.0406. The van der Waals surface area contributed by atoms with Crippen LogP contribution in [0.25, 0.3) is 0 Å². The minimum Gasteiger partial charge on any atom is -0.491 e. The number of rotatable bonds is 4. The molecule has 0 aromatic heterocycles. The van der Waals surface area contributed by atoms with E-state index >= 15 is 0 Å². The number of anilines is 1. The van der Waals surface area contributed by atoms with Gasteiger partial charge in [-0.15, -0.1) is 0 Å². The van der Waals surface area contributed by atoms with Crippen molar-refractivity contribution in [3.05, 3.63) is 23.8 Å². The van der Waals surface area contributed by atoms with Gasteiger partial charge in [0.2, 0.25) is 0 Å². The van der Waals surface area contributed by atoms with Crippen LogP contribution in [0.15, 0.2) is 18.2 Å². The summed E-state index contributed by atoms with van der Waals surface area (Å²) in [5.74, 6) is 1.18. The molecule has 1 aliphatic rings. The average Bonchev–Trinajstić information content (AvgIpc) is 2.49. The van der Waals surface area contributed by atoms with Crippen molar-refractivity contribution in [1.82, 2.24) is 4.90 Å². The number of nitrogens with two attached hydrogens (primary N) is 1. The smallest absolute Gasteiger partial charge is 0.257 e. The van der Waals surface area contributed by atoms with Gasteiger partial charge in [-0.25, -0.2) is 0 Å². The number of hydrogen-bond donors (Lipinski definition) is 1. The van der Waals surface area contributed by atoms with Gasteiger partial charge >= 0.3 is 0 Å². The number of nitrogens with zero attached hydrogens (tertiary/aromatic N) is 1. The van der Waals surface area contributed by atoms with E-state index in [1.54, 1.807) is 12.1 Å². The second-order valence-corrected chi connectivity index (χ2v) is 5.32. The Balaban J connectivity index is 2.22. The molecular weight excluding hydrogens is 252 g/mol. The molecule has 1 atom stereocenters. The molecule has 1 fully saturated rings. The fraction of sp³-hybridized carbons (Fsp3) is 0.562. The molecule has 2 N–H and O–H groups in total. The summed E-state index contributed by atoms with van der Waals surface area (Å²) in [6.07, 6.45) is 3.42. The number of hydrogen-bond acceptors (Lipinski definition) is 3. The summed E-state index contributed by atoms with van der Waals surface area (Å²) >= 11 is 0. The maximum absolute atomic E-state index is 12.7. The van der Waals surface area contributed by atoms with Crippen LogP contribution >= 0.6 is 0 Å². The van der Waals surface area contributed by atoms with E-state index in [1.807, 2.05) is 17.9 Å². The summed E-state index contributed by atoms with van der Waals surface area (Å²) in [6.45, 7) is 6.26. The predicted octanol–water partition coefficient (Wildman–Crippen LogP) is 2.93. The third-order valence-corrected chi connectivity index (χ3v) is 3.95. The van der Waals surface area contributed by atoms with Gasteiger partial charge < -0.3 is 15.4 Å². The Bertz CT molecular complexity index is 474. The molecule has 1 aromatic carbocycles. The van der Waals surface area contributed by atoms with E-state index in [-0.39, 0.29) is 5.91 Å². The van der Waals surface area contributed by atoms with Crippen molar-refractivity contribution in [3.8, 4) is 5.75 Å². The predicted molar refractivity (Wildman–Crippen MR) is 80.9 cm³/mol. The largest absolute Gasteiger partial charge is 0.491 e. The SMILES string of the molecule is CCOc1c(N)cccc1C(=O)N1CCCC(CC)C1. The second kappa shape index (κ2) is 6.64. The van der Waals surface area contributed by atoms with Gasteiger partial charge in [0.05, 0.1) is 17.9 Å². The number of piperidine rings is 1. The number of nitrogen functional groups attached to an aromatic ring is 1. The average molecular weight is 276 g/mol.